The molecule has 1 spiro atoms. The Balaban J connectivity index is 1.52. The summed E-state index contributed by atoms with van der Waals surface area (Å²) < 4.78 is 29.5. The highest BCUT2D eigenvalue weighted by Gasteiger charge is 2.55. The van der Waals surface area contributed by atoms with Crippen LogP contribution in [0.5, 0.6) is 0 Å². The number of hydrogen-bond donors (Lipinski definition) is 2. The number of fused-ring (bicyclic) bond motifs is 4. The van der Waals surface area contributed by atoms with Crippen LogP contribution in [-0.2, 0) is 5.41 Å². The number of urea groups is 1. The largest absolute Gasteiger partial charge is 0.356 e. The number of carbonyl (C=O) groups is 1. The van der Waals surface area contributed by atoms with Crippen molar-refractivity contribution in [1.29, 1.82) is 0 Å². The Morgan fingerprint density at radius 1 is 1.03 bits per heavy atom. The van der Waals surface area contributed by atoms with E-state index in [-0.39, 0.29) is 17.0 Å². The molecule has 34 heavy (non-hydrogen) atoms. The molecule has 0 saturated heterocycles. The second-order valence-electron chi connectivity index (χ2n) is 9.72. The average molecular weight is 458 g/mol. The minimum Gasteiger partial charge on any atom is -0.356 e. The van der Waals surface area contributed by atoms with Crippen molar-refractivity contribution in [2.75, 3.05) is 11.9 Å². The van der Waals surface area contributed by atoms with Gasteiger partial charge in [0.2, 0.25) is 0 Å². The molecule has 4 aromatic rings. The summed E-state index contributed by atoms with van der Waals surface area (Å²) in [7, 11) is 0. The van der Waals surface area contributed by atoms with Gasteiger partial charge in [0.05, 0.1) is 0 Å². The van der Waals surface area contributed by atoms with Crippen molar-refractivity contribution >= 4 is 22.6 Å². The van der Waals surface area contributed by atoms with Gasteiger partial charge in [-0.15, -0.1) is 0 Å². The molecule has 1 aliphatic heterocycles. The van der Waals surface area contributed by atoms with Gasteiger partial charge in [-0.3, -0.25) is 0 Å². The summed E-state index contributed by atoms with van der Waals surface area (Å²) in [6, 6.07) is 16.9. The van der Waals surface area contributed by atoms with E-state index in [0.717, 1.165) is 52.2 Å². The van der Waals surface area contributed by atoms with E-state index in [4.69, 9.17) is 0 Å². The van der Waals surface area contributed by atoms with Crippen LogP contribution in [0, 0.1) is 25.5 Å². The van der Waals surface area contributed by atoms with E-state index in [9.17, 15) is 9.18 Å². The zero-order valence-electron chi connectivity index (χ0n) is 19.1. The highest BCUT2D eigenvalue weighted by atomic mass is 19.2. The van der Waals surface area contributed by atoms with Crippen LogP contribution >= 0.6 is 0 Å². The van der Waals surface area contributed by atoms with E-state index in [2.05, 4.69) is 16.4 Å². The van der Waals surface area contributed by atoms with Crippen LogP contribution in [0.25, 0.3) is 10.9 Å². The smallest absolute Gasteiger partial charge is 0.322 e. The third-order valence-corrected chi connectivity index (χ3v) is 7.19. The predicted molar refractivity (Wildman–Crippen MR) is 129 cm³/mol. The molecule has 2 N–H and O–H groups in total. The zero-order chi connectivity index (χ0) is 23.6. The van der Waals surface area contributed by atoms with E-state index < -0.39 is 17.7 Å². The topological polar surface area (TPSA) is 48.1 Å². The molecule has 1 aliphatic carbocycles. The maximum atomic E-state index is 15.2. The lowest BCUT2D eigenvalue weighted by Crippen LogP contribution is -2.47. The molecule has 1 unspecified atom stereocenters. The molecular formula is C28H25F2N3O. The first-order valence-corrected chi connectivity index (χ1v) is 11.6. The van der Waals surface area contributed by atoms with Gasteiger partial charge in [0, 0.05) is 39.8 Å². The normalized spacial score (nSPS) is 18.2. The number of nitrogens with one attached hydrogen (secondary N) is 2. The number of halogens is 2. The fraction of sp³-hybridized carbons (Fsp3) is 0.250. The van der Waals surface area contributed by atoms with Gasteiger partial charge >= 0.3 is 6.03 Å². The third kappa shape index (κ3) is 3.20. The predicted octanol–water partition coefficient (Wildman–Crippen LogP) is 6.73. The lowest BCUT2D eigenvalue weighted by molar-refractivity contribution is 0.180. The van der Waals surface area contributed by atoms with Crippen LogP contribution in [0.4, 0.5) is 19.3 Å². The van der Waals surface area contributed by atoms with Crippen molar-refractivity contribution in [2.24, 2.45) is 0 Å². The number of anilines is 1. The van der Waals surface area contributed by atoms with Crippen molar-refractivity contribution in [1.82, 2.24) is 9.88 Å². The number of nitrogens with zero attached hydrogens (tertiary/aromatic N) is 1. The minimum atomic E-state index is -0.923. The first-order valence-electron chi connectivity index (χ1n) is 11.6. The summed E-state index contributed by atoms with van der Waals surface area (Å²) in [5, 5.41) is 4.10. The molecule has 4 nitrogen and oxygen atoms in total. The van der Waals surface area contributed by atoms with Gasteiger partial charge in [0.15, 0.2) is 11.6 Å². The summed E-state index contributed by atoms with van der Waals surface area (Å²) in [6.07, 6.45) is 1.90. The molecule has 172 valence electrons. The van der Waals surface area contributed by atoms with Gasteiger partial charge < -0.3 is 15.2 Å². The molecule has 6 rings (SSSR count). The van der Waals surface area contributed by atoms with Crippen molar-refractivity contribution in [3.63, 3.8) is 0 Å². The average Bonchev–Trinajstić information content (AvgIpc) is 3.44. The summed E-state index contributed by atoms with van der Waals surface area (Å²) in [6.45, 7) is 4.40. The number of aromatic nitrogens is 1. The van der Waals surface area contributed by atoms with Gasteiger partial charge in [-0.25, -0.2) is 13.6 Å². The second kappa shape index (κ2) is 7.42. The van der Waals surface area contributed by atoms with Crippen molar-refractivity contribution < 1.29 is 13.6 Å². The number of hydrogen-bond acceptors (Lipinski definition) is 1. The Hall–Kier alpha value is -3.67. The van der Waals surface area contributed by atoms with Crippen molar-refractivity contribution in [2.45, 2.75) is 38.1 Å². The molecule has 0 radical (unpaired) electrons. The van der Waals surface area contributed by atoms with Crippen LogP contribution in [-0.4, -0.2) is 22.5 Å². The van der Waals surface area contributed by atoms with Crippen molar-refractivity contribution in [3.8, 4) is 0 Å². The molecule has 1 aromatic heterocycles. The quantitative estimate of drug-likeness (QED) is 0.344. The van der Waals surface area contributed by atoms with Gasteiger partial charge in [0.25, 0.3) is 0 Å². The molecule has 1 fully saturated rings. The molecule has 2 amide bonds. The number of carbonyl (C=O) groups excluding carboxylic acids is 1. The van der Waals surface area contributed by atoms with Gasteiger partial charge in [-0.2, -0.15) is 0 Å². The molecule has 2 aliphatic rings. The van der Waals surface area contributed by atoms with Crippen LogP contribution in [0.15, 0.2) is 60.7 Å². The van der Waals surface area contributed by atoms with Crippen LogP contribution < -0.4 is 5.32 Å². The maximum absolute atomic E-state index is 15.2. The molecule has 3 aromatic carbocycles. The standard InChI is InChI=1S/C28H25F2N3O/c1-16-12-17(2)14-18(13-16)31-27(34)33-15-28(10-11-28)23-19-6-3-4-9-22(19)32-25(23)26(33)20-7-5-8-21(29)24(20)30/h3-9,12-14,26,32H,10-11,15H2,1-2H3,(H,31,34). The number of para-hydroxylation sites is 1. The van der Waals surface area contributed by atoms with E-state index >= 15 is 4.39 Å². The van der Waals surface area contributed by atoms with E-state index in [1.54, 1.807) is 11.0 Å². The zero-order valence-corrected chi connectivity index (χ0v) is 19.1. The second-order valence-corrected chi connectivity index (χ2v) is 9.72. The van der Waals surface area contributed by atoms with Crippen LogP contribution in [0.3, 0.4) is 0 Å². The molecule has 2 heterocycles. The molecule has 1 saturated carbocycles. The lowest BCUT2D eigenvalue weighted by atomic mass is 9.83. The molecular weight excluding hydrogens is 432 g/mol. The summed E-state index contributed by atoms with van der Waals surface area (Å²) >= 11 is 0. The Morgan fingerprint density at radius 3 is 2.50 bits per heavy atom. The first-order chi connectivity index (χ1) is 16.4. The fourth-order valence-electron chi connectivity index (χ4n) is 5.64. The summed E-state index contributed by atoms with van der Waals surface area (Å²) in [4.78, 5) is 18.8. The van der Waals surface area contributed by atoms with Gasteiger partial charge in [-0.1, -0.05) is 36.4 Å². The number of rotatable bonds is 2. The van der Waals surface area contributed by atoms with Crippen molar-refractivity contribution in [3.05, 3.63) is 100 Å². The van der Waals surface area contributed by atoms with Crippen LogP contribution in [0.2, 0.25) is 0 Å². The van der Waals surface area contributed by atoms with E-state index in [1.807, 2.05) is 50.2 Å². The third-order valence-electron chi connectivity index (χ3n) is 7.19. The number of benzene rings is 3. The highest BCUT2D eigenvalue weighted by molar-refractivity contribution is 5.92. The molecule has 0 bridgehead atoms. The Morgan fingerprint density at radius 2 is 1.76 bits per heavy atom. The number of aryl methyl sites for hydroxylation is 2. The van der Waals surface area contributed by atoms with Gasteiger partial charge in [0.1, 0.15) is 6.04 Å². The Labute approximate surface area is 196 Å². The summed E-state index contributed by atoms with van der Waals surface area (Å²) in [5.41, 5.74) is 5.59. The monoisotopic (exact) mass is 457 g/mol. The fourth-order valence-corrected chi connectivity index (χ4v) is 5.64. The van der Waals surface area contributed by atoms with Crippen LogP contribution in [0.1, 0.15) is 46.8 Å². The SMILES string of the molecule is Cc1cc(C)cc(NC(=O)N2CC3(CC3)c3c([nH]c4ccccc34)C2c2cccc(F)c2F)c1. The number of amides is 2. The van der Waals surface area contributed by atoms with Gasteiger partial charge in [-0.05, 0) is 67.6 Å². The number of aromatic amines is 1. The lowest BCUT2D eigenvalue weighted by Gasteiger charge is -2.40. The molecule has 1 atom stereocenters. The molecule has 6 heteroatoms. The first kappa shape index (κ1) is 20.9. The van der Waals surface area contributed by atoms with E-state index in [1.165, 1.54) is 6.07 Å². The highest BCUT2D eigenvalue weighted by Crippen LogP contribution is 2.58. The Bertz CT molecular complexity index is 1430. The maximum Gasteiger partial charge on any atom is 0.322 e. The van der Waals surface area contributed by atoms with E-state index in [0.29, 0.717) is 12.2 Å². The summed E-state index contributed by atoms with van der Waals surface area (Å²) in [5.74, 6) is -1.84. The minimum absolute atomic E-state index is 0.152. The Kier molecular flexibility index (Phi) is 4.56. The number of H-pyrrole nitrogens is 1.